The predicted molar refractivity (Wildman–Crippen MR) is 55.9 cm³/mol. The maximum atomic E-state index is 4.39. The monoisotopic (exact) mass is 196 g/mol. The molecule has 1 N–H and O–H groups in total. The Morgan fingerprint density at radius 1 is 1.69 bits per heavy atom. The molecule has 1 atom stereocenters. The van der Waals surface area contributed by atoms with Gasteiger partial charge in [0.05, 0.1) is 17.2 Å². The zero-order valence-electron chi connectivity index (χ0n) is 7.99. The Hall–Kier alpha value is -0.410. The molecule has 72 valence electrons. The molecule has 13 heavy (non-hydrogen) atoms. The molecule has 0 spiro atoms. The van der Waals surface area contributed by atoms with Gasteiger partial charge in [-0.25, -0.2) is 4.98 Å². The molecule has 0 amide bonds. The molecule has 1 saturated carbocycles. The first kappa shape index (κ1) is 9.16. The third-order valence-electron chi connectivity index (χ3n) is 2.48. The molecule has 1 aromatic rings. The molecule has 1 aromatic heterocycles. The summed E-state index contributed by atoms with van der Waals surface area (Å²) < 4.78 is 0. The summed E-state index contributed by atoms with van der Waals surface area (Å²) in [6.07, 6.45) is 3.95. The molecular formula is C10H16N2S. The van der Waals surface area contributed by atoms with Crippen molar-refractivity contribution in [3.63, 3.8) is 0 Å². The average Bonchev–Trinajstić information content (AvgIpc) is 2.82. The van der Waals surface area contributed by atoms with Crippen molar-refractivity contribution in [1.82, 2.24) is 10.3 Å². The second-order valence-electron chi connectivity index (χ2n) is 3.68. The molecule has 1 unspecified atom stereocenters. The van der Waals surface area contributed by atoms with Gasteiger partial charge in [0.2, 0.25) is 0 Å². The molecule has 1 aliphatic rings. The van der Waals surface area contributed by atoms with Crippen LogP contribution in [0.25, 0.3) is 0 Å². The third-order valence-corrected chi connectivity index (χ3v) is 3.08. The Kier molecular flexibility index (Phi) is 2.96. The lowest BCUT2D eigenvalue weighted by Crippen LogP contribution is -2.23. The van der Waals surface area contributed by atoms with Crippen LogP contribution in [0.3, 0.4) is 0 Å². The highest BCUT2D eigenvalue weighted by Crippen LogP contribution is 2.40. The van der Waals surface area contributed by atoms with Gasteiger partial charge in [-0.05, 0) is 31.7 Å². The fraction of sp³-hybridized carbons (Fsp3) is 0.700. The van der Waals surface area contributed by atoms with Gasteiger partial charge >= 0.3 is 0 Å². The van der Waals surface area contributed by atoms with E-state index in [1.165, 1.54) is 25.0 Å². The van der Waals surface area contributed by atoms with Crippen molar-refractivity contribution in [2.45, 2.75) is 32.2 Å². The van der Waals surface area contributed by atoms with Crippen LogP contribution in [0.2, 0.25) is 0 Å². The Bertz CT molecular complexity index is 241. The van der Waals surface area contributed by atoms with Gasteiger partial charge in [0.1, 0.15) is 0 Å². The summed E-state index contributed by atoms with van der Waals surface area (Å²) in [7, 11) is 0. The highest BCUT2D eigenvalue weighted by molar-refractivity contribution is 7.07. The van der Waals surface area contributed by atoms with Crippen molar-refractivity contribution >= 4 is 11.3 Å². The van der Waals surface area contributed by atoms with E-state index in [1.807, 2.05) is 5.51 Å². The van der Waals surface area contributed by atoms with Crippen LogP contribution in [-0.2, 0) is 0 Å². The summed E-state index contributed by atoms with van der Waals surface area (Å²) in [6, 6.07) is 0.534. The molecule has 1 fully saturated rings. The Morgan fingerprint density at radius 3 is 3.08 bits per heavy atom. The van der Waals surface area contributed by atoms with E-state index in [2.05, 4.69) is 22.6 Å². The van der Waals surface area contributed by atoms with Crippen molar-refractivity contribution in [1.29, 1.82) is 0 Å². The Balaban J connectivity index is 1.97. The van der Waals surface area contributed by atoms with E-state index >= 15 is 0 Å². The highest BCUT2D eigenvalue weighted by atomic mass is 32.1. The zero-order chi connectivity index (χ0) is 9.10. The molecule has 3 heteroatoms. The molecule has 1 aliphatic carbocycles. The second-order valence-corrected chi connectivity index (χ2v) is 4.40. The maximum absolute atomic E-state index is 4.39. The average molecular weight is 196 g/mol. The van der Waals surface area contributed by atoms with Crippen molar-refractivity contribution in [3.05, 3.63) is 16.6 Å². The van der Waals surface area contributed by atoms with Crippen LogP contribution in [0.5, 0.6) is 0 Å². The van der Waals surface area contributed by atoms with Gasteiger partial charge in [-0.3, -0.25) is 0 Å². The van der Waals surface area contributed by atoms with Crippen molar-refractivity contribution < 1.29 is 0 Å². The minimum Gasteiger partial charge on any atom is -0.308 e. The zero-order valence-corrected chi connectivity index (χ0v) is 8.81. The molecule has 0 bridgehead atoms. The van der Waals surface area contributed by atoms with Gasteiger partial charge in [-0.15, -0.1) is 11.3 Å². The lowest BCUT2D eigenvalue weighted by molar-refractivity contribution is 0.473. The Labute approximate surface area is 83.4 Å². The number of aromatic nitrogens is 1. The van der Waals surface area contributed by atoms with Crippen LogP contribution in [-0.4, -0.2) is 11.5 Å². The number of rotatable bonds is 5. The second kappa shape index (κ2) is 4.20. The summed E-state index contributed by atoms with van der Waals surface area (Å²) in [6.45, 7) is 3.32. The minimum absolute atomic E-state index is 0.534. The number of hydrogen-bond acceptors (Lipinski definition) is 3. The summed E-state index contributed by atoms with van der Waals surface area (Å²) in [5.41, 5.74) is 3.18. The fourth-order valence-electron chi connectivity index (χ4n) is 1.62. The van der Waals surface area contributed by atoms with E-state index in [1.54, 1.807) is 11.3 Å². The van der Waals surface area contributed by atoms with Gasteiger partial charge in [0, 0.05) is 5.38 Å². The normalized spacial score (nSPS) is 18.8. The third kappa shape index (κ3) is 2.29. The fourth-order valence-corrected chi connectivity index (χ4v) is 2.21. The predicted octanol–water partition coefficient (Wildman–Crippen LogP) is 2.59. The molecule has 0 saturated heterocycles. The minimum atomic E-state index is 0.534. The summed E-state index contributed by atoms with van der Waals surface area (Å²) in [5.74, 6) is 0.855. The number of nitrogens with one attached hydrogen (secondary N) is 1. The van der Waals surface area contributed by atoms with Crippen LogP contribution in [0.4, 0.5) is 0 Å². The largest absolute Gasteiger partial charge is 0.308 e. The first-order valence-corrected chi connectivity index (χ1v) is 5.97. The van der Waals surface area contributed by atoms with E-state index in [4.69, 9.17) is 0 Å². The van der Waals surface area contributed by atoms with E-state index in [0.29, 0.717) is 6.04 Å². The van der Waals surface area contributed by atoms with Gasteiger partial charge < -0.3 is 5.32 Å². The van der Waals surface area contributed by atoms with Crippen LogP contribution in [0.15, 0.2) is 10.9 Å². The first-order chi connectivity index (χ1) is 6.42. The molecule has 2 nitrogen and oxygen atoms in total. The molecule has 2 rings (SSSR count). The van der Waals surface area contributed by atoms with Crippen LogP contribution in [0, 0.1) is 5.92 Å². The molecule has 0 aliphatic heterocycles. The summed E-state index contributed by atoms with van der Waals surface area (Å²) in [4.78, 5) is 4.39. The van der Waals surface area contributed by atoms with Crippen molar-refractivity contribution in [2.75, 3.05) is 6.54 Å². The van der Waals surface area contributed by atoms with Crippen molar-refractivity contribution in [3.8, 4) is 0 Å². The number of nitrogens with zero attached hydrogens (tertiary/aromatic N) is 1. The van der Waals surface area contributed by atoms with Gasteiger partial charge in [0.25, 0.3) is 0 Å². The van der Waals surface area contributed by atoms with E-state index in [0.717, 1.165) is 12.5 Å². The van der Waals surface area contributed by atoms with E-state index in [9.17, 15) is 0 Å². The standard InChI is InChI=1S/C10H16N2S/c1-2-5-11-10(8-3-4-8)9-6-13-7-12-9/h6-8,10-11H,2-5H2,1H3. The van der Waals surface area contributed by atoms with Gasteiger partial charge in [0.15, 0.2) is 0 Å². The maximum Gasteiger partial charge on any atom is 0.0795 e. The smallest absolute Gasteiger partial charge is 0.0795 e. The van der Waals surface area contributed by atoms with Crippen LogP contribution >= 0.6 is 11.3 Å². The summed E-state index contributed by atoms with van der Waals surface area (Å²) >= 11 is 1.70. The first-order valence-electron chi connectivity index (χ1n) is 5.03. The SMILES string of the molecule is CCCNC(c1cscn1)C1CC1. The van der Waals surface area contributed by atoms with Crippen molar-refractivity contribution in [2.24, 2.45) is 5.92 Å². The number of thiazole rings is 1. The molecule has 0 radical (unpaired) electrons. The van der Waals surface area contributed by atoms with Crippen LogP contribution < -0.4 is 5.32 Å². The lowest BCUT2D eigenvalue weighted by Gasteiger charge is -2.15. The number of hydrogen-bond donors (Lipinski definition) is 1. The topological polar surface area (TPSA) is 24.9 Å². The summed E-state index contributed by atoms with van der Waals surface area (Å²) in [5, 5.41) is 5.75. The van der Waals surface area contributed by atoms with E-state index < -0.39 is 0 Å². The molecule has 0 aromatic carbocycles. The van der Waals surface area contributed by atoms with E-state index in [-0.39, 0.29) is 0 Å². The highest BCUT2D eigenvalue weighted by Gasteiger charge is 2.32. The van der Waals surface area contributed by atoms with Gasteiger partial charge in [-0.1, -0.05) is 6.92 Å². The van der Waals surface area contributed by atoms with Gasteiger partial charge in [-0.2, -0.15) is 0 Å². The lowest BCUT2D eigenvalue weighted by atomic mass is 10.1. The molecule has 1 heterocycles. The quantitative estimate of drug-likeness (QED) is 0.783. The molecular weight excluding hydrogens is 180 g/mol. The Morgan fingerprint density at radius 2 is 2.54 bits per heavy atom. The van der Waals surface area contributed by atoms with Crippen LogP contribution in [0.1, 0.15) is 37.9 Å².